The fraction of sp³-hybridized carbons (Fsp3) is 0.833. The Labute approximate surface area is 60.0 Å². The van der Waals surface area contributed by atoms with Crippen molar-refractivity contribution in [2.24, 2.45) is 0 Å². The van der Waals surface area contributed by atoms with Crippen LogP contribution in [0.5, 0.6) is 0 Å². The van der Waals surface area contributed by atoms with Crippen molar-refractivity contribution in [3.05, 3.63) is 5.82 Å². The fourth-order valence-electron chi connectivity index (χ4n) is 0.607. The molecule has 10 heavy (non-hydrogen) atoms. The summed E-state index contributed by atoms with van der Waals surface area (Å²) < 4.78 is 0. The molecule has 0 amide bonds. The normalized spacial score (nSPS) is 11.9. The third-order valence-corrected chi connectivity index (χ3v) is 1.83. The summed E-state index contributed by atoms with van der Waals surface area (Å²) in [5, 5.41) is 13.8. The molecule has 1 aromatic heterocycles. The lowest BCUT2D eigenvalue weighted by Gasteiger charge is -2.16. The van der Waals surface area contributed by atoms with E-state index in [4.69, 9.17) is 0 Å². The van der Waals surface area contributed by atoms with E-state index < -0.39 is 0 Å². The zero-order valence-corrected chi connectivity index (χ0v) is 6.55. The second-order valence-corrected chi connectivity index (χ2v) is 2.97. The summed E-state index contributed by atoms with van der Waals surface area (Å²) >= 11 is 0. The van der Waals surface area contributed by atoms with Crippen LogP contribution in [0.25, 0.3) is 0 Å². The topological polar surface area (TPSA) is 54.5 Å². The van der Waals surface area contributed by atoms with Crippen LogP contribution in [-0.2, 0) is 5.41 Å². The molecule has 1 heterocycles. The predicted octanol–water partition coefficient (Wildman–Crippen LogP) is 0.887. The maximum atomic E-state index is 3.91. The van der Waals surface area contributed by atoms with E-state index in [2.05, 4.69) is 41.4 Å². The van der Waals surface area contributed by atoms with Gasteiger partial charge in [-0.1, -0.05) is 26.0 Å². The molecular formula is C6H12N4. The standard InChI is InChI=1S/C6H12N4/c1-4-6(2,3)5-7-9-10-8-5/h4H2,1-3H3,(H,7,8,9,10). The Hall–Kier alpha value is -0.930. The molecule has 0 radical (unpaired) electrons. The Bertz CT molecular complexity index is 190. The second kappa shape index (κ2) is 2.36. The number of rotatable bonds is 2. The molecule has 0 aliphatic heterocycles. The van der Waals surface area contributed by atoms with Crippen LogP contribution in [0, 0.1) is 0 Å². The molecule has 0 atom stereocenters. The zero-order chi connectivity index (χ0) is 7.61. The lowest BCUT2D eigenvalue weighted by molar-refractivity contribution is 0.473. The number of aromatic nitrogens is 4. The Morgan fingerprint density at radius 2 is 2.20 bits per heavy atom. The molecule has 0 spiro atoms. The van der Waals surface area contributed by atoms with Crippen molar-refractivity contribution in [2.45, 2.75) is 32.6 Å². The minimum Gasteiger partial charge on any atom is -0.177 e. The van der Waals surface area contributed by atoms with E-state index in [1.54, 1.807) is 0 Å². The second-order valence-electron chi connectivity index (χ2n) is 2.97. The SMILES string of the molecule is CCC(C)(C)c1nn[nH]n1. The highest BCUT2D eigenvalue weighted by Gasteiger charge is 2.22. The molecule has 4 nitrogen and oxygen atoms in total. The molecule has 0 unspecified atom stereocenters. The number of nitrogens with zero attached hydrogens (tertiary/aromatic N) is 3. The van der Waals surface area contributed by atoms with Crippen LogP contribution in [0.1, 0.15) is 33.0 Å². The lowest BCUT2D eigenvalue weighted by atomic mass is 9.90. The van der Waals surface area contributed by atoms with E-state index >= 15 is 0 Å². The van der Waals surface area contributed by atoms with Crippen molar-refractivity contribution in [3.8, 4) is 0 Å². The van der Waals surface area contributed by atoms with Gasteiger partial charge in [0.2, 0.25) is 0 Å². The molecule has 56 valence electrons. The lowest BCUT2D eigenvalue weighted by Crippen LogP contribution is -2.17. The third kappa shape index (κ3) is 1.15. The Kier molecular flexibility index (Phi) is 1.70. The van der Waals surface area contributed by atoms with E-state index in [1.807, 2.05) is 0 Å². The Morgan fingerprint density at radius 3 is 2.60 bits per heavy atom. The van der Waals surface area contributed by atoms with Crippen molar-refractivity contribution in [1.82, 2.24) is 20.6 Å². The summed E-state index contributed by atoms with van der Waals surface area (Å²) in [6, 6.07) is 0. The highest BCUT2D eigenvalue weighted by atomic mass is 15.5. The minimum absolute atomic E-state index is 0.0486. The maximum absolute atomic E-state index is 3.91. The van der Waals surface area contributed by atoms with E-state index in [0.717, 1.165) is 12.2 Å². The molecule has 0 aliphatic rings. The summed E-state index contributed by atoms with van der Waals surface area (Å²) in [7, 11) is 0. The van der Waals surface area contributed by atoms with E-state index in [-0.39, 0.29) is 5.41 Å². The van der Waals surface area contributed by atoms with E-state index in [9.17, 15) is 0 Å². The highest BCUT2D eigenvalue weighted by molar-refractivity contribution is 4.97. The smallest absolute Gasteiger partial charge is 0.177 e. The van der Waals surface area contributed by atoms with Crippen molar-refractivity contribution in [2.75, 3.05) is 0 Å². The van der Waals surface area contributed by atoms with Gasteiger partial charge in [0.25, 0.3) is 0 Å². The van der Waals surface area contributed by atoms with Crippen LogP contribution in [-0.4, -0.2) is 20.6 Å². The van der Waals surface area contributed by atoms with Crippen LogP contribution >= 0.6 is 0 Å². The Balaban J connectivity index is 2.85. The number of aromatic amines is 1. The van der Waals surface area contributed by atoms with Gasteiger partial charge >= 0.3 is 0 Å². The largest absolute Gasteiger partial charge is 0.180 e. The van der Waals surface area contributed by atoms with E-state index in [0.29, 0.717) is 0 Å². The first kappa shape index (κ1) is 7.18. The van der Waals surface area contributed by atoms with Crippen molar-refractivity contribution in [1.29, 1.82) is 0 Å². The van der Waals surface area contributed by atoms with Crippen LogP contribution in [0.15, 0.2) is 0 Å². The van der Waals surface area contributed by atoms with Gasteiger partial charge in [0.1, 0.15) is 0 Å². The minimum atomic E-state index is 0.0486. The van der Waals surface area contributed by atoms with Crippen molar-refractivity contribution in [3.63, 3.8) is 0 Å². The number of nitrogens with one attached hydrogen (secondary N) is 1. The van der Waals surface area contributed by atoms with Gasteiger partial charge in [0.05, 0.1) is 0 Å². The molecule has 0 bridgehead atoms. The average Bonchev–Trinajstić information content (AvgIpc) is 2.38. The summed E-state index contributed by atoms with van der Waals surface area (Å²) in [5.41, 5.74) is 0.0486. The van der Waals surface area contributed by atoms with Gasteiger partial charge in [-0.05, 0) is 6.42 Å². The summed E-state index contributed by atoms with van der Waals surface area (Å²) in [6.45, 7) is 6.30. The third-order valence-electron chi connectivity index (χ3n) is 1.83. The molecule has 0 aliphatic carbocycles. The van der Waals surface area contributed by atoms with Crippen molar-refractivity contribution >= 4 is 0 Å². The van der Waals surface area contributed by atoms with E-state index in [1.165, 1.54) is 0 Å². The van der Waals surface area contributed by atoms with Gasteiger partial charge in [0, 0.05) is 5.41 Å². The quantitative estimate of drug-likeness (QED) is 0.663. The molecule has 0 saturated carbocycles. The van der Waals surface area contributed by atoms with Crippen molar-refractivity contribution < 1.29 is 0 Å². The summed E-state index contributed by atoms with van der Waals surface area (Å²) in [6.07, 6.45) is 1.02. The van der Waals surface area contributed by atoms with Gasteiger partial charge in [-0.15, -0.1) is 10.2 Å². The first-order valence-electron chi connectivity index (χ1n) is 3.41. The zero-order valence-electron chi connectivity index (χ0n) is 6.55. The fourth-order valence-corrected chi connectivity index (χ4v) is 0.607. The summed E-state index contributed by atoms with van der Waals surface area (Å²) in [4.78, 5) is 0. The van der Waals surface area contributed by atoms with Gasteiger partial charge in [-0.3, -0.25) is 0 Å². The molecule has 4 heteroatoms. The number of H-pyrrole nitrogens is 1. The highest BCUT2D eigenvalue weighted by Crippen LogP contribution is 2.21. The molecule has 1 N–H and O–H groups in total. The van der Waals surface area contributed by atoms with Crippen LogP contribution in [0.4, 0.5) is 0 Å². The van der Waals surface area contributed by atoms with Crippen LogP contribution in [0.3, 0.4) is 0 Å². The van der Waals surface area contributed by atoms with Gasteiger partial charge in [-0.25, -0.2) is 0 Å². The van der Waals surface area contributed by atoms with Gasteiger partial charge < -0.3 is 0 Å². The number of hydrogen-bond acceptors (Lipinski definition) is 3. The summed E-state index contributed by atoms with van der Waals surface area (Å²) in [5.74, 6) is 0.787. The predicted molar refractivity (Wildman–Crippen MR) is 37.5 cm³/mol. The van der Waals surface area contributed by atoms with Crippen LogP contribution in [0.2, 0.25) is 0 Å². The number of tetrazole rings is 1. The maximum Gasteiger partial charge on any atom is 0.180 e. The van der Waals surface area contributed by atoms with Gasteiger partial charge in [0.15, 0.2) is 5.82 Å². The molecule has 1 rings (SSSR count). The molecular weight excluding hydrogens is 128 g/mol. The molecule has 0 aromatic carbocycles. The van der Waals surface area contributed by atoms with Gasteiger partial charge in [-0.2, -0.15) is 5.21 Å². The molecule has 0 fully saturated rings. The monoisotopic (exact) mass is 140 g/mol. The number of hydrogen-bond donors (Lipinski definition) is 1. The molecule has 1 aromatic rings. The first-order valence-corrected chi connectivity index (χ1v) is 3.41. The van der Waals surface area contributed by atoms with Crippen LogP contribution < -0.4 is 0 Å². The Morgan fingerprint density at radius 1 is 1.50 bits per heavy atom. The molecule has 0 saturated heterocycles. The average molecular weight is 140 g/mol. The first-order chi connectivity index (χ1) is 4.67.